The van der Waals surface area contributed by atoms with Crippen molar-refractivity contribution in [2.75, 3.05) is 19.6 Å². The summed E-state index contributed by atoms with van der Waals surface area (Å²) in [4.78, 5) is 10.6. The van der Waals surface area contributed by atoms with E-state index in [9.17, 15) is 0 Å². The number of aromatic nitrogens is 2. The molecule has 90 valence electrons. The SMILES string of the molecule is CC(C)CN1CC(c2nc3ccccc3[nH]2)C1. The molecule has 17 heavy (non-hydrogen) atoms. The molecule has 1 aliphatic heterocycles. The second-order valence-electron chi connectivity index (χ2n) is 5.45. The second-order valence-corrected chi connectivity index (χ2v) is 5.45. The highest BCUT2D eigenvalue weighted by molar-refractivity contribution is 5.74. The monoisotopic (exact) mass is 229 g/mol. The maximum Gasteiger partial charge on any atom is 0.112 e. The van der Waals surface area contributed by atoms with Gasteiger partial charge in [-0.3, -0.25) is 0 Å². The quantitative estimate of drug-likeness (QED) is 0.877. The summed E-state index contributed by atoms with van der Waals surface area (Å²) in [5.41, 5.74) is 2.25. The van der Waals surface area contributed by atoms with E-state index >= 15 is 0 Å². The van der Waals surface area contributed by atoms with Gasteiger partial charge in [0.05, 0.1) is 11.0 Å². The molecular formula is C14H19N3. The molecular weight excluding hydrogens is 210 g/mol. The van der Waals surface area contributed by atoms with Gasteiger partial charge in [0.25, 0.3) is 0 Å². The number of rotatable bonds is 3. The molecule has 0 spiro atoms. The normalized spacial score (nSPS) is 17.8. The van der Waals surface area contributed by atoms with Crippen LogP contribution in [-0.2, 0) is 0 Å². The van der Waals surface area contributed by atoms with Gasteiger partial charge in [-0.2, -0.15) is 0 Å². The first-order valence-electron chi connectivity index (χ1n) is 6.39. The summed E-state index contributed by atoms with van der Waals surface area (Å²) < 4.78 is 0. The summed E-state index contributed by atoms with van der Waals surface area (Å²) >= 11 is 0. The van der Waals surface area contributed by atoms with Gasteiger partial charge in [0.1, 0.15) is 5.82 Å². The van der Waals surface area contributed by atoms with Crippen LogP contribution in [0.25, 0.3) is 11.0 Å². The molecule has 1 fully saturated rings. The molecule has 0 atom stereocenters. The molecule has 3 nitrogen and oxygen atoms in total. The Labute approximate surface area is 102 Å². The fourth-order valence-electron chi connectivity index (χ4n) is 2.57. The van der Waals surface area contributed by atoms with Crippen LogP contribution in [0.3, 0.4) is 0 Å². The topological polar surface area (TPSA) is 31.9 Å². The van der Waals surface area contributed by atoms with E-state index in [1.54, 1.807) is 0 Å². The standard InChI is InChI=1S/C14H19N3/c1-10(2)7-17-8-11(9-17)14-15-12-5-3-4-6-13(12)16-14/h3-6,10-11H,7-9H2,1-2H3,(H,15,16). The zero-order valence-electron chi connectivity index (χ0n) is 10.5. The molecule has 2 aromatic rings. The van der Waals surface area contributed by atoms with E-state index in [4.69, 9.17) is 0 Å². The van der Waals surface area contributed by atoms with Crippen LogP contribution in [0.15, 0.2) is 24.3 Å². The number of para-hydroxylation sites is 2. The maximum absolute atomic E-state index is 4.67. The largest absolute Gasteiger partial charge is 0.342 e. The van der Waals surface area contributed by atoms with E-state index in [2.05, 4.69) is 46.9 Å². The number of hydrogen-bond donors (Lipinski definition) is 1. The van der Waals surface area contributed by atoms with E-state index in [0.29, 0.717) is 5.92 Å². The Kier molecular flexibility index (Phi) is 2.63. The van der Waals surface area contributed by atoms with Gasteiger partial charge in [-0.25, -0.2) is 4.98 Å². The van der Waals surface area contributed by atoms with E-state index in [0.717, 1.165) is 35.9 Å². The Morgan fingerprint density at radius 2 is 2.12 bits per heavy atom. The third-order valence-corrected chi connectivity index (χ3v) is 3.37. The van der Waals surface area contributed by atoms with Crippen LogP contribution < -0.4 is 0 Å². The number of nitrogens with one attached hydrogen (secondary N) is 1. The van der Waals surface area contributed by atoms with Crippen molar-refractivity contribution < 1.29 is 0 Å². The average molecular weight is 229 g/mol. The Bertz CT molecular complexity index is 476. The molecule has 3 rings (SSSR count). The summed E-state index contributed by atoms with van der Waals surface area (Å²) in [6.45, 7) is 8.05. The minimum Gasteiger partial charge on any atom is -0.342 e. The summed E-state index contributed by atoms with van der Waals surface area (Å²) in [6, 6.07) is 8.26. The third kappa shape index (κ3) is 2.07. The molecule has 1 aromatic carbocycles. The zero-order chi connectivity index (χ0) is 11.8. The predicted octanol–water partition coefficient (Wildman–Crippen LogP) is 2.62. The summed E-state index contributed by atoms with van der Waals surface area (Å²) in [6.07, 6.45) is 0. The number of H-pyrrole nitrogens is 1. The fourth-order valence-corrected chi connectivity index (χ4v) is 2.57. The average Bonchev–Trinajstić information content (AvgIpc) is 2.65. The zero-order valence-corrected chi connectivity index (χ0v) is 10.5. The molecule has 0 unspecified atom stereocenters. The molecule has 1 aromatic heterocycles. The minimum atomic E-state index is 0.598. The lowest BCUT2D eigenvalue weighted by molar-refractivity contribution is 0.127. The molecule has 1 saturated heterocycles. The lowest BCUT2D eigenvalue weighted by Gasteiger charge is -2.39. The van der Waals surface area contributed by atoms with Crippen molar-refractivity contribution in [1.29, 1.82) is 0 Å². The number of aromatic amines is 1. The first kappa shape index (κ1) is 10.8. The first-order valence-corrected chi connectivity index (χ1v) is 6.39. The van der Waals surface area contributed by atoms with Crippen LogP contribution >= 0.6 is 0 Å². The van der Waals surface area contributed by atoms with E-state index in [1.807, 2.05) is 6.07 Å². The van der Waals surface area contributed by atoms with Crippen molar-refractivity contribution in [3.8, 4) is 0 Å². The molecule has 2 heterocycles. The highest BCUT2D eigenvalue weighted by atomic mass is 15.2. The van der Waals surface area contributed by atoms with Crippen LogP contribution in [-0.4, -0.2) is 34.5 Å². The van der Waals surface area contributed by atoms with Gasteiger partial charge < -0.3 is 9.88 Å². The van der Waals surface area contributed by atoms with E-state index in [1.165, 1.54) is 6.54 Å². The molecule has 1 N–H and O–H groups in total. The van der Waals surface area contributed by atoms with Crippen molar-refractivity contribution in [2.24, 2.45) is 5.92 Å². The van der Waals surface area contributed by atoms with Gasteiger partial charge in [0.2, 0.25) is 0 Å². The van der Waals surface area contributed by atoms with Gasteiger partial charge in [-0.1, -0.05) is 26.0 Å². The Hall–Kier alpha value is -1.35. The molecule has 0 radical (unpaired) electrons. The smallest absolute Gasteiger partial charge is 0.112 e. The molecule has 3 heteroatoms. The molecule has 0 bridgehead atoms. The van der Waals surface area contributed by atoms with Crippen molar-refractivity contribution in [3.63, 3.8) is 0 Å². The van der Waals surface area contributed by atoms with Gasteiger partial charge in [0, 0.05) is 25.6 Å². The highest BCUT2D eigenvalue weighted by Crippen LogP contribution is 2.27. The van der Waals surface area contributed by atoms with Crippen LogP contribution in [0.5, 0.6) is 0 Å². The van der Waals surface area contributed by atoms with Crippen LogP contribution in [0, 0.1) is 5.92 Å². The Morgan fingerprint density at radius 3 is 2.82 bits per heavy atom. The highest BCUT2D eigenvalue weighted by Gasteiger charge is 2.30. The predicted molar refractivity (Wildman–Crippen MR) is 70.1 cm³/mol. The van der Waals surface area contributed by atoms with E-state index < -0.39 is 0 Å². The lowest BCUT2D eigenvalue weighted by atomic mass is 9.98. The van der Waals surface area contributed by atoms with Gasteiger partial charge in [-0.05, 0) is 18.1 Å². The Morgan fingerprint density at radius 1 is 1.35 bits per heavy atom. The van der Waals surface area contributed by atoms with Gasteiger partial charge in [0.15, 0.2) is 0 Å². The first-order chi connectivity index (χ1) is 8.22. The molecule has 0 amide bonds. The van der Waals surface area contributed by atoms with Crippen LogP contribution in [0.4, 0.5) is 0 Å². The number of nitrogens with zero attached hydrogens (tertiary/aromatic N) is 2. The number of hydrogen-bond acceptors (Lipinski definition) is 2. The van der Waals surface area contributed by atoms with Crippen molar-refractivity contribution in [1.82, 2.24) is 14.9 Å². The van der Waals surface area contributed by atoms with Crippen molar-refractivity contribution >= 4 is 11.0 Å². The van der Waals surface area contributed by atoms with Crippen LogP contribution in [0.1, 0.15) is 25.6 Å². The van der Waals surface area contributed by atoms with Gasteiger partial charge >= 0.3 is 0 Å². The fraction of sp³-hybridized carbons (Fsp3) is 0.500. The molecule has 0 aliphatic carbocycles. The second kappa shape index (κ2) is 4.15. The Balaban J connectivity index is 1.70. The third-order valence-electron chi connectivity index (χ3n) is 3.37. The van der Waals surface area contributed by atoms with Crippen LogP contribution in [0.2, 0.25) is 0 Å². The van der Waals surface area contributed by atoms with Crippen molar-refractivity contribution in [3.05, 3.63) is 30.1 Å². The van der Waals surface area contributed by atoms with E-state index in [-0.39, 0.29) is 0 Å². The maximum atomic E-state index is 4.67. The summed E-state index contributed by atoms with van der Waals surface area (Å²) in [7, 11) is 0. The number of imidazole rings is 1. The van der Waals surface area contributed by atoms with Gasteiger partial charge in [-0.15, -0.1) is 0 Å². The molecule has 1 aliphatic rings. The minimum absolute atomic E-state index is 0.598. The lowest BCUT2D eigenvalue weighted by Crippen LogP contribution is -2.46. The van der Waals surface area contributed by atoms with Crippen molar-refractivity contribution in [2.45, 2.75) is 19.8 Å². The number of benzene rings is 1. The number of likely N-dealkylation sites (tertiary alicyclic amines) is 1. The summed E-state index contributed by atoms with van der Waals surface area (Å²) in [5.74, 6) is 2.51. The summed E-state index contributed by atoms with van der Waals surface area (Å²) in [5, 5.41) is 0. The molecule has 0 saturated carbocycles. The number of fused-ring (bicyclic) bond motifs is 1.